The first-order valence-corrected chi connectivity index (χ1v) is 14.8. The van der Waals surface area contributed by atoms with Gasteiger partial charge in [0.05, 0.1) is 10.6 Å². The molecule has 2 heterocycles. The molecular weight excluding hydrogens is 498 g/mol. The summed E-state index contributed by atoms with van der Waals surface area (Å²) in [6.07, 6.45) is 5.68. The largest absolute Gasteiger partial charge is 0.477 e. The maximum absolute atomic E-state index is 14.3. The van der Waals surface area contributed by atoms with E-state index in [4.69, 9.17) is 0 Å². The average molecular weight is 544 g/mol. The fourth-order valence-electron chi connectivity index (χ4n) is 5.29. The predicted octanol–water partition coefficient (Wildman–Crippen LogP) is 5.25. The van der Waals surface area contributed by atoms with E-state index in [9.17, 15) is 19.5 Å². The van der Waals surface area contributed by atoms with Gasteiger partial charge < -0.3 is 14.9 Å². The number of nitrogens with zero attached hydrogens (tertiary/aromatic N) is 3. The van der Waals surface area contributed by atoms with Crippen LogP contribution in [0.15, 0.2) is 0 Å². The molecule has 1 aliphatic heterocycles. The van der Waals surface area contributed by atoms with Gasteiger partial charge in [-0.3, -0.25) is 14.5 Å². The second-order valence-electron chi connectivity index (χ2n) is 12.3. The van der Waals surface area contributed by atoms with Gasteiger partial charge in [-0.05, 0) is 92.7 Å². The van der Waals surface area contributed by atoms with Crippen LogP contribution in [0.5, 0.6) is 0 Å². The molecule has 0 aromatic carbocycles. The van der Waals surface area contributed by atoms with Crippen LogP contribution in [0.4, 0.5) is 5.69 Å². The summed E-state index contributed by atoms with van der Waals surface area (Å²) in [6.45, 7) is 12.1. The summed E-state index contributed by atoms with van der Waals surface area (Å²) in [5, 5.41) is 10.2. The van der Waals surface area contributed by atoms with Crippen LogP contribution in [-0.4, -0.2) is 72.5 Å². The molecule has 0 radical (unpaired) electrons. The number of hydrogen-bond acceptors (Lipinski definition) is 5. The van der Waals surface area contributed by atoms with E-state index >= 15 is 0 Å². The molecule has 210 valence electrons. The van der Waals surface area contributed by atoms with Gasteiger partial charge in [-0.2, -0.15) is 0 Å². The minimum Gasteiger partial charge on any atom is -0.477 e. The Morgan fingerprint density at radius 2 is 1.76 bits per heavy atom. The van der Waals surface area contributed by atoms with Crippen LogP contribution in [0.1, 0.15) is 92.8 Å². The Bertz CT molecular complexity index is 1080. The first kappa shape index (κ1) is 30.2. The van der Waals surface area contributed by atoms with Crippen molar-refractivity contribution in [3.05, 3.63) is 15.3 Å². The van der Waals surface area contributed by atoms with Crippen LogP contribution in [-0.2, 0) is 9.59 Å². The monoisotopic (exact) mass is 543 g/mol. The summed E-state index contributed by atoms with van der Waals surface area (Å²) >= 11 is 1.11. The maximum atomic E-state index is 14.3. The van der Waals surface area contributed by atoms with Gasteiger partial charge in [-0.25, -0.2) is 4.79 Å². The Labute approximate surface area is 232 Å². The van der Waals surface area contributed by atoms with E-state index in [1.807, 2.05) is 51.6 Å². The minimum absolute atomic E-state index is 0.0776. The van der Waals surface area contributed by atoms with E-state index in [0.29, 0.717) is 41.6 Å². The first-order chi connectivity index (χ1) is 17.8. The zero-order valence-corrected chi connectivity index (χ0v) is 25.0. The molecule has 0 bridgehead atoms. The second kappa shape index (κ2) is 12.7. The SMILES string of the molecule is Cc1c(C#CC(C)(C)C)sc(C(=O)O)c1N(C(=O)[C@H]1CC[C@H](C)CC1)[C@H]1CCCCN(CCN(C)C)C1=O. The third-order valence-corrected chi connectivity index (χ3v) is 8.77. The fraction of sp³-hybridized carbons (Fsp3) is 0.700. The third-order valence-electron chi connectivity index (χ3n) is 7.58. The minimum atomic E-state index is -1.09. The summed E-state index contributed by atoms with van der Waals surface area (Å²) < 4.78 is 0. The normalized spacial score (nSPS) is 22.6. The van der Waals surface area contributed by atoms with Crippen LogP contribution in [0.2, 0.25) is 0 Å². The lowest BCUT2D eigenvalue weighted by Gasteiger charge is -2.37. The van der Waals surface area contributed by atoms with Gasteiger partial charge in [0.15, 0.2) is 0 Å². The zero-order valence-electron chi connectivity index (χ0n) is 24.2. The number of anilines is 1. The van der Waals surface area contributed by atoms with Crippen molar-refractivity contribution in [2.45, 2.75) is 85.6 Å². The van der Waals surface area contributed by atoms with Crippen LogP contribution >= 0.6 is 11.3 Å². The lowest BCUT2D eigenvalue weighted by Crippen LogP contribution is -2.53. The van der Waals surface area contributed by atoms with Crippen molar-refractivity contribution >= 4 is 34.8 Å². The number of carbonyl (C=O) groups is 3. The van der Waals surface area contributed by atoms with Crippen molar-refractivity contribution in [3.8, 4) is 11.8 Å². The van der Waals surface area contributed by atoms with Gasteiger partial charge in [-0.15, -0.1) is 11.3 Å². The molecule has 7 nitrogen and oxygen atoms in total. The summed E-state index contributed by atoms with van der Waals surface area (Å²) in [6, 6.07) is -0.707. The van der Waals surface area contributed by atoms with Crippen molar-refractivity contribution in [3.63, 3.8) is 0 Å². The van der Waals surface area contributed by atoms with Crippen molar-refractivity contribution in [1.82, 2.24) is 9.80 Å². The van der Waals surface area contributed by atoms with E-state index in [1.54, 1.807) is 4.90 Å². The van der Waals surface area contributed by atoms with Gasteiger partial charge in [0.1, 0.15) is 10.9 Å². The Hall–Kier alpha value is -2.37. The molecule has 0 unspecified atom stereocenters. The molecule has 38 heavy (non-hydrogen) atoms. The van der Waals surface area contributed by atoms with Crippen molar-refractivity contribution in [2.24, 2.45) is 17.3 Å². The molecule has 2 amide bonds. The van der Waals surface area contributed by atoms with Gasteiger partial charge in [0, 0.05) is 36.5 Å². The zero-order chi connectivity index (χ0) is 28.2. The Kier molecular flexibility index (Phi) is 10.0. The molecule has 1 saturated carbocycles. The molecule has 8 heteroatoms. The summed E-state index contributed by atoms with van der Waals surface area (Å²) in [7, 11) is 3.96. The second-order valence-corrected chi connectivity index (χ2v) is 13.4. The molecule has 1 N–H and O–H groups in total. The van der Waals surface area contributed by atoms with Crippen molar-refractivity contribution in [1.29, 1.82) is 0 Å². The molecule has 3 rings (SSSR count). The van der Waals surface area contributed by atoms with Crippen LogP contribution < -0.4 is 4.90 Å². The lowest BCUT2D eigenvalue weighted by molar-refractivity contribution is -0.135. The summed E-state index contributed by atoms with van der Waals surface area (Å²) in [5.74, 6) is 5.49. The molecule has 1 aromatic rings. The Balaban J connectivity index is 2.14. The molecule has 2 aliphatic rings. The summed E-state index contributed by atoms with van der Waals surface area (Å²) in [4.78, 5) is 47.1. The number of likely N-dealkylation sites (tertiary alicyclic amines) is 1. The van der Waals surface area contributed by atoms with E-state index in [2.05, 4.69) is 18.8 Å². The number of carboxylic acid groups (broad SMARTS) is 1. The number of carbonyl (C=O) groups excluding carboxylic acids is 2. The highest BCUT2D eigenvalue weighted by Crippen LogP contribution is 2.40. The Morgan fingerprint density at radius 3 is 2.34 bits per heavy atom. The van der Waals surface area contributed by atoms with E-state index in [-0.39, 0.29) is 28.0 Å². The Morgan fingerprint density at radius 1 is 1.11 bits per heavy atom. The number of amides is 2. The van der Waals surface area contributed by atoms with E-state index in [0.717, 1.165) is 56.4 Å². The number of likely N-dealkylation sites (N-methyl/N-ethyl adjacent to an activating group) is 1. The molecular formula is C30H45N3O4S. The highest BCUT2D eigenvalue weighted by Gasteiger charge is 2.41. The molecule has 1 aromatic heterocycles. The van der Waals surface area contributed by atoms with Crippen LogP contribution in [0.3, 0.4) is 0 Å². The summed E-state index contributed by atoms with van der Waals surface area (Å²) in [5.41, 5.74) is 0.800. The number of thiophene rings is 1. The highest BCUT2D eigenvalue weighted by atomic mass is 32.1. The molecule has 0 spiro atoms. The first-order valence-electron chi connectivity index (χ1n) is 14.0. The molecule has 1 aliphatic carbocycles. The fourth-order valence-corrected chi connectivity index (χ4v) is 6.29. The molecule has 1 saturated heterocycles. The molecule has 2 fully saturated rings. The quantitative estimate of drug-likeness (QED) is 0.475. The van der Waals surface area contributed by atoms with Crippen molar-refractivity contribution in [2.75, 3.05) is 38.6 Å². The number of aromatic carboxylic acids is 1. The molecule has 1 atom stereocenters. The lowest BCUT2D eigenvalue weighted by atomic mass is 9.82. The van der Waals surface area contributed by atoms with Gasteiger partial charge >= 0.3 is 5.97 Å². The number of rotatable bonds is 7. The van der Waals surface area contributed by atoms with E-state index in [1.165, 1.54) is 0 Å². The third kappa shape index (κ3) is 7.39. The predicted molar refractivity (Wildman–Crippen MR) is 154 cm³/mol. The van der Waals surface area contributed by atoms with E-state index < -0.39 is 12.0 Å². The topological polar surface area (TPSA) is 81.2 Å². The average Bonchev–Trinajstić information content (AvgIpc) is 3.05. The van der Waals surface area contributed by atoms with Crippen molar-refractivity contribution < 1.29 is 19.5 Å². The number of hydrogen-bond donors (Lipinski definition) is 1. The highest BCUT2D eigenvalue weighted by molar-refractivity contribution is 7.15. The van der Waals surface area contributed by atoms with Gasteiger partial charge in [0.25, 0.3) is 0 Å². The van der Waals surface area contributed by atoms with Gasteiger partial charge in [-0.1, -0.05) is 18.8 Å². The maximum Gasteiger partial charge on any atom is 0.348 e. The van der Waals surface area contributed by atoms with Crippen LogP contribution in [0.25, 0.3) is 0 Å². The van der Waals surface area contributed by atoms with Gasteiger partial charge in [0.2, 0.25) is 11.8 Å². The smallest absolute Gasteiger partial charge is 0.348 e. The number of carboxylic acids is 1. The standard InChI is InChI=1S/C30H45N3O4S/c1-20-11-13-22(14-12-20)27(34)33(23-10-8-9-17-32(28(23)35)19-18-31(6)7)25-21(2)24(15-16-30(3,4)5)38-26(25)29(36)37/h20,22-23H,8-14,17-19H2,1-7H3,(H,36,37)/t20-,22-,23-/m0/s1. The van der Waals surface area contributed by atoms with Crippen LogP contribution in [0, 0.1) is 36.0 Å².